The number of carbonyl (C=O) groups excluding carboxylic acids is 1. The summed E-state index contributed by atoms with van der Waals surface area (Å²) in [4.78, 5) is 20.6. The average molecular weight is 444 g/mol. The van der Waals surface area contributed by atoms with Crippen LogP contribution in [0.25, 0.3) is 28.3 Å². The quantitative estimate of drug-likeness (QED) is 0.388. The molecule has 5 aromatic rings. The fraction of sp³-hybridized carbons (Fsp3) is 0.125. The fourth-order valence-electron chi connectivity index (χ4n) is 4.32. The van der Waals surface area contributed by atoms with Gasteiger partial charge >= 0.3 is 0 Å². The van der Waals surface area contributed by atoms with Crippen molar-refractivity contribution in [1.82, 2.24) is 19.7 Å². The van der Waals surface area contributed by atoms with Crippen molar-refractivity contribution in [3.05, 3.63) is 82.7 Å². The molecule has 0 bridgehead atoms. The molecule has 158 valence electrons. The van der Waals surface area contributed by atoms with E-state index in [9.17, 15) is 4.79 Å². The van der Waals surface area contributed by atoms with Gasteiger partial charge in [-0.25, -0.2) is 4.98 Å². The number of H-pyrrole nitrogens is 1. The summed E-state index contributed by atoms with van der Waals surface area (Å²) >= 11 is 6.13. The Kier molecular flexibility index (Phi) is 4.19. The molecule has 1 atom stereocenters. The number of imidazole rings is 1. The third-order valence-electron chi connectivity index (χ3n) is 5.76. The number of halogens is 1. The summed E-state index contributed by atoms with van der Waals surface area (Å²) in [6.45, 7) is 1.93. The zero-order valence-corrected chi connectivity index (χ0v) is 17.8. The molecule has 1 amide bonds. The van der Waals surface area contributed by atoms with Gasteiger partial charge in [0, 0.05) is 22.6 Å². The van der Waals surface area contributed by atoms with Gasteiger partial charge < -0.3 is 14.7 Å². The van der Waals surface area contributed by atoms with Crippen LogP contribution in [0.5, 0.6) is 0 Å². The summed E-state index contributed by atoms with van der Waals surface area (Å²) < 4.78 is 7.85. The molecule has 2 N–H and O–H groups in total. The van der Waals surface area contributed by atoms with Crippen molar-refractivity contribution in [2.45, 2.75) is 19.3 Å². The number of hydrogen-bond donors (Lipinski definition) is 2. The lowest BCUT2D eigenvalue weighted by Crippen LogP contribution is -2.24. The first-order chi connectivity index (χ1) is 15.6. The molecule has 0 unspecified atom stereocenters. The van der Waals surface area contributed by atoms with Crippen molar-refractivity contribution in [3.63, 3.8) is 0 Å². The van der Waals surface area contributed by atoms with Crippen LogP contribution in [0.15, 0.2) is 65.1 Å². The van der Waals surface area contributed by atoms with Gasteiger partial charge in [0.25, 0.3) is 0 Å². The van der Waals surface area contributed by atoms with Crippen molar-refractivity contribution in [3.8, 4) is 17.3 Å². The van der Waals surface area contributed by atoms with Crippen LogP contribution in [0.2, 0.25) is 5.02 Å². The molecule has 0 fully saturated rings. The minimum atomic E-state index is -0.246. The van der Waals surface area contributed by atoms with Crippen LogP contribution in [0.3, 0.4) is 0 Å². The third-order valence-corrected chi connectivity index (χ3v) is 5.99. The monoisotopic (exact) mass is 443 g/mol. The number of rotatable bonds is 3. The van der Waals surface area contributed by atoms with Crippen molar-refractivity contribution in [2.75, 3.05) is 5.32 Å². The second-order valence-corrected chi connectivity index (χ2v) is 8.29. The van der Waals surface area contributed by atoms with E-state index < -0.39 is 0 Å². The highest BCUT2D eigenvalue weighted by Gasteiger charge is 2.35. The number of aryl methyl sites for hydroxylation is 1. The number of nitrogens with zero attached hydrogens (tertiary/aromatic N) is 3. The normalized spacial score (nSPS) is 15.7. The Morgan fingerprint density at radius 3 is 2.84 bits per heavy atom. The third kappa shape index (κ3) is 3.01. The van der Waals surface area contributed by atoms with Crippen LogP contribution in [-0.2, 0) is 4.79 Å². The second kappa shape index (κ2) is 7.10. The highest BCUT2D eigenvalue weighted by atomic mass is 35.5. The summed E-state index contributed by atoms with van der Waals surface area (Å²) in [5.74, 6) is 2.24. The van der Waals surface area contributed by atoms with Crippen LogP contribution in [-0.4, -0.2) is 25.7 Å². The molecule has 0 saturated carbocycles. The van der Waals surface area contributed by atoms with E-state index in [1.807, 2.05) is 67.6 Å². The van der Waals surface area contributed by atoms with Crippen LogP contribution in [0, 0.1) is 6.92 Å². The Bertz CT molecular complexity index is 1460. The van der Waals surface area contributed by atoms with E-state index in [4.69, 9.17) is 21.1 Å². The molecule has 1 aliphatic rings. The maximum Gasteiger partial charge on any atom is 0.231 e. The highest BCUT2D eigenvalue weighted by Crippen LogP contribution is 2.41. The van der Waals surface area contributed by atoms with E-state index in [1.54, 1.807) is 4.68 Å². The summed E-state index contributed by atoms with van der Waals surface area (Å²) in [5.41, 5.74) is 4.36. The van der Waals surface area contributed by atoms with Gasteiger partial charge in [-0.3, -0.25) is 4.79 Å². The number of aromatic nitrogens is 4. The number of para-hydroxylation sites is 2. The Morgan fingerprint density at radius 2 is 2.00 bits per heavy atom. The molecule has 7 nitrogen and oxygen atoms in total. The van der Waals surface area contributed by atoms with E-state index in [0.717, 1.165) is 27.9 Å². The number of furan rings is 1. The number of benzene rings is 2. The standard InChI is InChI=1S/C24H18ClN5O2/c1-13-22-16(20-10-9-19(32-20)14-5-4-6-15(25)11-14)12-21(31)28-23(22)30(29-13)24-26-17-7-2-3-8-18(17)27-24/h2-11,16H,12H2,1H3,(H,26,27)(H,28,31)/t16-/m0/s1. The van der Waals surface area contributed by atoms with E-state index in [1.165, 1.54) is 0 Å². The maximum absolute atomic E-state index is 12.7. The number of aromatic amines is 1. The van der Waals surface area contributed by atoms with Crippen molar-refractivity contribution >= 4 is 34.4 Å². The van der Waals surface area contributed by atoms with E-state index >= 15 is 0 Å². The molecule has 0 radical (unpaired) electrons. The molecule has 6 rings (SSSR count). The number of nitrogens with one attached hydrogen (secondary N) is 2. The van der Waals surface area contributed by atoms with Crippen LogP contribution in [0.1, 0.15) is 29.4 Å². The maximum atomic E-state index is 12.7. The minimum absolute atomic E-state index is 0.0968. The Balaban J connectivity index is 1.44. The number of amides is 1. The second-order valence-electron chi connectivity index (χ2n) is 7.85. The Morgan fingerprint density at radius 1 is 1.12 bits per heavy atom. The van der Waals surface area contributed by atoms with Gasteiger partial charge in [-0.05, 0) is 43.3 Å². The topological polar surface area (TPSA) is 88.7 Å². The largest absolute Gasteiger partial charge is 0.460 e. The van der Waals surface area contributed by atoms with E-state index in [-0.39, 0.29) is 18.2 Å². The minimum Gasteiger partial charge on any atom is -0.460 e. The molecule has 8 heteroatoms. The summed E-state index contributed by atoms with van der Waals surface area (Å²) in [7, 11) is 0. The van der Waals surface area contributed by atoms with Crippen LogP contribution in [0.4, 0.5) is 5.82 Å². The molecule has 32 heavy (non-hydrogen) atoms. The first-order valence-electron chi connectivity index (χ1n) is 10.3. The molecular formula is C24H18ClN5O2. The van der Waals surface area contributed by atoms with Gasteiger partial charge in [0.1, 0.15) is 17.3 Å². The van der Waals surface area contributed by atoms with Gasteiger partial charge in [0.2, 0.25) is 11.9 Å². The van der Waals surface area contributed by atoms with Gasteiger partial charge in [-0.2, -0.15) is 9.78 Å². The first-order valence-corrected chi connectivity index (χ1v) is 10.6. The highest BCUT2D eigenvalue weighted by molar-refractivity contribution is 6.30. The molecule has 0 saturated heterocycles. The molecule has 1 aliphatic heterocycles. The van der Waals surface area contributed by atoms with Crippen LogP contribution < -0.4 is 5.32 Å². The summed E-state index contributed by atoms with van der Waals surface area (Å²) in [6, 6.07) is 19.1. The molecule has 3 aromatic heterocycles. The summed E-state index contributed by atoms with van der Waals surface area (Å²) in [5, 5.41) is 8.32. The van der Waals surface area contributed by atoms with E-state index in [0.29, 0.717) is 28.3 Å². The number of carbonyl (C=O) groups is 1. The smallest absolute Gasteiger partial charge is 0.231 e. The summed E-state index contributed by atoms with van der Waals surface area (Å²) in [6.07, 6.45) is 0.280. The number of anilines is 1. The fourth-order valence-corrected chi connectivity index (χ4v) is 4.51. The molecule has 0 aliphatic carbocycles. The first kappa shape index (κ1) is 18.9. The number of hydrogen-bond acceptors (Lipinski definition) is 4. The average Bonchev–Trinajstić information content (AvgIpc) is 3.50. The number of fused-ring (bicyclic) bond motifs is 2. The zero-order chi connectivity index (χ0) is 21.8. The van der Waals surface area contributed by atoms with Gasteiger partial charge in [0.15, 0.2) is 0 Å². The van der Waals surface area contributed by atoms with Gasteiger partial charge in [0.05, 0.1) is 22.6 Å². The SMILES string of the molecule is Cc1nn(-c2nc3ccccc3[nH]2)c2c1[C@H](c1ccc(-c3cccc(Cl)c3)o1)CC(=O)N2. The predicted molar refractivity (Wildman–Crippen MR) is 122 cm³/mol. The zero-order valence-electron chi connectivity index (χ0n) is 17.1. The predicted octanol–water partition coefficient (Wildman–Crippen LogP) is 5.44. The molecule has 2 aromatic carbocycles. The lowest BCUT2D eigenvalue weighted by Gasteiger charge is -2.22. The van der Waals surface area contributed by atoms with Gasteiger partial charge in [-0.1, -0.05) is 35.9 Å². The van der Waals surface area contributed by atoms with Crippen LogP contribution >= 0.6 is 11.6 Å². The molecular weight excluding hydrogens is 426 g/mol. The Hall–Kier alpha value is -3.84. The lowest BCUT2D eigenvalue weighted by molar-refractivity contribution is -0.116. The lowest BCUT2D eigenvalue weighted by atomic mass is 9.90. The van der Waals surface area contributed by atoms with Crippen molar-refractivity contribution in [2.24, 2.45) is 0 Å². The molecule has 4 heterocycles. The van der Waals surface area contributed by atoms with Crippen molar-refractivity contribution in [1.29, 1.82) is 0 Å². The van der Waals surface area contributed by atoms with Gasteiger partial charge in [-0.15, -0.1) is 0 Å². The Labute approximate surface area is 188 Å². The van der Waals surface area contributed by atoms with Crippen molar-refractivity contribution < 1.29 is 9.21 Å². The van der Waals surface area contributed by atoms with E-state index in [2.05, 4.69) is 15.3 Å². The molecule has 0 spiro atoms.